The largest absolute Gasteiger partial charge is 0.433 e. The number of nitrogens with zero attached hydrogens (tertiary/aromatic N) is 2. The highest BCUT2D eigenvalue weighted by Crippen LogP contribution is 2.34. The molecule has 1 aromatic heterocycles. The number of nitriles is 1. The minimum atomic E-state index is -4.81. The number of alkyl halides is 6. The number of rotatable bonds is 3. The van der Waals surface area contributed by atoms with Crippen molar-refractivity contribution in [3.05, 3.63) is 28.6 Å². The molecule has 0 aliphatic rings. The van der Waals surface area contributed by atoms with E-state index >= 15 is 0 Å². The van der Waals surface area contributed by atoms with Crippen LogP contribution in [0.2, 0.25) is 0 Å². The minimum absolute atomic E-state index is 0.527. The highest BCUT2D eigenvalue weighted by Gasteiger charge is 2.36. The summed E-state index contributed by atoms with van der Waals surface area (Å²) in [5.41, 5.74) is -3.12. The van der Waals surface area contributed by atoms with Crippen molar-refractivity contribution in [1.82, 2.24) is 4.98 Å². The number of hydrogen-bond acceptors (Lipinski definition) is 2. The summed E-state index contributed by atoms with van der Waals surface area (Å²) in [5, 5.41) is 8.41. The zero-order valence-electron chi connectivity index (χ0n) is 8.73. The third-order valence-corrected chi connectivity index (χ3v) is 2.37. The molecule has 0 spiro atoms. The Kier molecular flexibility index (Phi) is 4.46. The van der Waals surface area contributed by atoms with Gasteiger partial charge in [-0.1, -0.05) is 0 Å². The van der Waals surface area contributed by atoms with Crippen molar-refractivity contribution in [1.29, 1.82) is 5.26 Å². The molecular formula is C10H6ClF5N2. The van der Waals surface area contributed by atoms with Crippen molar-refractivity contribution < 1.29 is 22.0 Å². The average molecular weight is 285 g/mol. The summed E-state index contributed by atoms with van der Waals surface area (Å²) < 4.78 is 63.1. The van der Waals surface area contributed by atoms with E-state index in [0.29, 0.717) is 6.07 Å². The first-order valence-electron chi connectivity index (χ1n) is 4.62. The van der Waals surface area contributed by atoms with Gasteiger partial charge < -0.3 is 0 Å². The van der Waals surface area contributed by atoms with Crippen LogP contribution < -0.4 is 0 Å². The lowest BCUT2D eigenvalue weighted by molar-refractivity contribution is -0.141. The van der Waals surface area contributed by atoms with E-state index < -0.39 is 47.4 Å². The Morgan fingerprint density at radius 3 is 2.39 bits per heavy atom. The van der Waals surface area contributed by atoms with Crippen LogP contribution in [0, 0.1) is 11.3 Å². The first kappa shape index (κ1) is 14.6. The summed E-state index contributed by atoms with van der Waals surface area (Å²) in [6.45, 7) is 0. The SMILES string of the molecule is N#CCc1cc(C(F)F)c(CCl)nc1C(F)(F)F. The van der Waals surface area contributed by atoms with Crippen molar-refractivity contribution >= 4 is 11.6 Å². The van der Waals surface area contributed by atoms with Gasteiger partial charge in [0.25, 0.3) is 6.43 Å². The van der Waals surface area contributed by atoms with Crippen LogP contribution in [0.3, 0.4) is 0 Å². The highest BCUT2D eigenvalue weighted by atomic mass is 35.5. The fraction of sp³-hybridized carbons (Fsp3) is 0.400. The summed E-state index contributed by atoms with van der Waals surface area (Å²) in [7, 11) is 0. The second-order valence-corrected chi connectivity index (χ2v) is 3.57. The van der Waals surface area contributed by atoms with Crippen LogP contribution in [0.1, 0.15) is 28.9 Å². The molecule has 0 saturated carbocycles. The van der Waals surface area contributed by atoms with Gasteiger partial charge in [-0.2, -0.15) is 18.4 Å². The molecule has 0 atom stereocenters. The molecule has 2 nitrogen and oxygen atoms in total. The summed E-state index contributed by atoms with van der Waals surface area (Å²) >= 11 is 5.30. The fourth-order valence-electron chi connectivity index (χ4n) is 1.37. The Labute approximate surface area is 104 Å². The van der Waals surface area contributed by atoms with Crippen molar-refractivity contribution in [2.45, 2.75) is 24.9 Å². The van der Waals surface area contributed by atoms with E-state index in [2.05, 4.69) is 4.98 Å². The van der Waals surface area contributed by atoms with Crippen molar-refractivity contribution in [2.24, 2.45) is 0 Å². The molecule has 18 heavy (non-hydrogen) atoms. The van der Waals surface area contributed by atoms with E-state index in [0.717, 1.165) is 0 Å². The van der Waals surface area contributed by atoms with Crippen LogP contribution in [-0.2, 0) is 18.5 Å². The maximum absolute atomic E-state index is 12.6. The number of halogens is 6. The van der Waals surface area contributed by atoms with Crippen LogP contribution in [-0.4, -0.2) is 4.98 Å². The van der Waals surface area contributed by atoms with Crippen LogP contribution in [0.25, 0.3) is 0 Å². The quantitative estimate of drug-likeness (QED) is 0.624. The lowest BCUT2D eigenvalue weighted by Crippen LogP contribution is -2.15. The third kappa shape index (κ3) is 3.07. The van der Waals surface area contributed by atoms with E-state index in [-0.39, 0.29) is 0 Å². The standard InChI is InChI=1S/C10H6ClF5N2/c11-4-7-6(9(12)13)3-5(1-2-17)8(18-7)10(14,15)16/h3,9H,1,4H2. The molecular weight excluding hydrogens is 279 g/mol. The Morgan fingerprint density at radius 2 is 2.00 bits per heavy atom. The Hall–Kier alpha value is -1.42. The predicted molar refractivity (Wildman–Crippen MR) is 53.1 cm³/mol. The molecule has 1 rings (SSSR count). The molecule has 0 bridgehead atoms. The Morgan fingerprint density at radius 1 is 1.39 bits per heavy atom. The number of hydrogen-bond donors (Lipinski definition) is 0. The summed E-state index contributed by atoms with van der Waals surface area (Å²) in [5.74, 6) is -0.560. The molecule has 0 aliphatic carbocycles. The zero-order chi connectivity index (χ0) is 13.9. The molecule has 0 amide bonds. The molecule has 1 aromatic rings. The lowest BCUT2D eigenvalue weighted by atomic mass is 10.1. The van der Waals surface area contributed by atoms with E-state index in [1.54, 1.807) is 0 Å². The van der Waals surface area contributed by atoms with E-state index in [9.17, 15) is 22.0 Å². The molecule has 0 radical (unpaired) electrons. The maximum Gasteiger partial charge on any atom is 0.433 e. The number of pyridine rings is 1. The summed E-state index contributed by atoms with van der Waals surface area (Å²) in [4.78, 5) is 3.11. The van der Waals surface area contributed by atoms with E-state index in [1.807, 2.05) is 0 Å². The van der Waals surface area contributed by atoms with Gasteiger partial charge in [-0.15, -0.1) is 11.6 Å². The van der Waals surface area contributed by atoms with Crippen molar-refractivity contribution in [3.63, 3.8) is 0 Å². The molecule has 0 aromatic carbocycles. The second-order valence-electron chi connectivity index (χ2n) is 3.30. The molecule has 0 aliphatic heterocycles. The van der Waals surface area contributed by atoms with Gasteiger partial charge in [0.05, 0.1) is 24.1 Å². The smallest absolute Gasteiger partial charge is 0.246 e. The van der Waals surface area contributed by atoms with Gasteiger partial charge in [-0.3, -0.25) is 0 Å². The molecule has 1 heterocycles. The van der Waals surface area contributed by atoms with Crippen molar-refractivity contribution in [3.8, 4) is 6.07 Å². The fourth-order valence-corrected chi connectivity index (χ4v) is 1.59. The van der Waals surface area contributed by atoms with Crippen LogP contribution >= 0.6 is 11.6 Å². The van der Waals surface area contributed by atoms with Gasteiger partial charge in [0.1, 0.15) is 5.69 Å². The van der Waals surface area contributed by atoms with Gasteiger partial charge in [-0.25, -0.2) is 13.8 Å². The normalized spacial score (nSPS) is 11.7. The first-order chi connectivity index (χ1) is 8.31. The third-order valence-electron chi connectivity index (χ3n) is 2.11. The molecule has 0 saturated heterocycles. The van der Waals surface area contributed by atoms with E-state index in [1.165, 1.54) is 6.07 Å². The summed E-state index contributed by atoms with van der Waals surface area (Å²) in [6, 6.07) is 2.12. The van der Waals surface area contributed by atoms with Crippen LogP contribution in [0.15, 0.2) is 6.07 Å². The molecule has 98 valence electrons. The van der Waals surface area contributed by atoms with Crippen molar-refractivity contribution in [2.75, 3.05) is 0 Å². The van der Waals surface area contributed by atoms with Crippen LogP contribution in [0.4, 0.5) is 22.0 Å². The minimum Gasteiger partial charge on any atom is -0.246 e. The van der Waals surface area contributed by atoms with Gasteiger partial charge in [0, 0.05) is 5.56 Å². The van der Waals surface area contributed by atoms with Gasteiger partial charge in [0.15, 0.2) is 0 Å². The second kappa shape index (κ2) is 5.48. The van der Waals surface area contributed by atoms with Gasteiger partial charge in [-0.05, 0) is 11.6 Å². The lowest BCUT2D eigenvalue weighted by Gasteiger charge is -2.14. The number of aromatic nitrogens is 1. The highest BCUT2D eigenvalue weighted by molar-refractivity contribution is 6.17. The maximum atomic E-state index is 12.6. The zero-order valence-corrected chi connectivity index (χ0v) is 9.49. The molecule has 0 N–H and O–H groups in total. The molecule has 0 unspecified atom stereocenters. The Bertz CT molecular complexity index is 478. The summed E-state index contributed by atoms with van der Waals surface area (Å²) in [6.07, 6.45) is -8.46. The van der Waals surface area contributed by atoms with Gasteiger partial charge >= 0.3 is 6.18 Å². The molecule has 8 heteroatoms. The van der Waals surface area contributed by atoms with E-state index in [4.69, 9.17) is 16.9 Å². The monoisotopic (exact) mass is 284 g/mol. The molecule has 0 fully saturated rings. The average Bonchev–Trinajstić information content (AvgIpc) is 2.27. The first-order valence-corrected chi connectivity index (χ1v) is 5.15. The van der Waals surface area contributed by atoms with Crippen LogP contribution in [0.5, 0.6) is 0 Å². The van der Waals surface area contributed by atoms with Gasteiger partial charge in [0.2, 0.25) is 0 Å². The predicted octanol–water partition coefficient (Wildman–Crippen LogP) is 3.84. The topological polar surface area (TPSA) is 36.7 Å². The Balaban J connectivity index is 3.48.